The first-order valence-electron chi connectivity index (χ1n) is 16.9. The summed E-state index contributed by atoms with van der Waals surface area (Å²) in [7, 11) is -4.30. The number of nitrogens with zero attached hydrogens (tertiary/aromatic N) is 5. The normalized spacial score (nSPS) is 14.7. The molecule has 1 aliphatic heterocycles. The Labute approximate surface area is 291 Å². The molecule has 0 radical (unpaired) electrons. The number of imidazole rings is 1. The molecule has 1 aliphatic rings. The fourth-order valence-corrected chi connectivity index (χ4v) is 8.38. The number of likely N-dealkylation sites (tertiary alicyclic amines) is 1. The third-order valence-corrected chi connectivity index (χ3v) is 11.2. The Balaban J connectivity index is 1.05. The van der Waals surface area contributed by atoms with E-state index in [0.29, 0.717) is 47.9 Å². The van der Waals surface area contributed by atoms with Crippen LogP contribution in [-0.4, -0.2) is 63.6 Å². The highest BCUT2D eigenvalue weighted by molar-refractivity contribution is 7.90. The van der Waals surface area contributed by atoms with Crippen LogP contribution in [0.1, 0.15) is 36.9 Å². The van der Waals surface area contributed by atoms with E-state index in [2.05, 4.69) is 41.1 Å². The predicted molar refractivity (Wildman–Crippen MR) is 193 cm³/mol. The van der Waals surface area contributed by atoms with Crippen LogP contribution in [-0.2, 0) is 27.8 Å². The van der Waals surface area contributed by atoms with Crippen LogP contribution in [0, 0.1) is 0 Å². The summed E-state index contributed by atoms with van der Waals surface area (Å²) in [6.45, 7) is 4.48. The Kier molecular flexibility index (Phi) is 9.51. The Hall–Kier alpha value is -5.26. The lowest BCUT2D eigenvalue weighted by atomic mass is 10.0. The lowest BCUT2D eigenvalue weighted by Crippen LogP contribution is -2.43. The van der Waals surface area contributed by atoms with Crippen LogP contribution in [0.2, 0.25) is 0 Å². The number of rotatable bonds is 10. The Morgan fingerprint density at radius 1 is 0.820 bits per heavy atom. The molecule has 1 atom stereocenters. The fourth-order valence-electron chi connectivity index (χ4n) is 6.81. The van der Waals surface area contributed by atoms with Gasteiger partial charge in [-0.1, -0.05) is 91.0 Å². The van der Waals surface area contributed by atoms with Crippen molar-refractivity contribution in [3.63, 3.8) is 0 Å². The molecule has 0 spiro atoms. The molecule has 10 nitrogen and oxygen atoms in total. The van der Waals surface area contributed by atoms with E-state index in [1.54, 1.807) is 64.2 Å². The van der Waals surface area contributed by atoms with E-state index in [9.17, 15) is 18.0 Å². The minimum Gasteiger partial charge on any atom is -0.448 e. The Morgan fingerprint density at radius 2 is 1.42 bits per heavy atom. The summed E-state index contributed by atoms with van der Waals surface area (Å²) in [6, 6.07) is 35.5. The smallest absolute Gasteiger partial charge is 0.409 e. The molecule has 3 heterocycles. The first-order valence-corrected chi connectivity index (χ1v) is 18.3. The standard InChI is InChI=1S/C39H39N5O5S/c1-29(42(26-30-12-4-2-5-13-30)27-31-14-6-3-7-15-31)28-49-39(46)41-24-21-33(22-25-41)43-34-18-8-9-19-35(34)44(38(43)45)50(47,48)36-20-10-16-32-17-11-23-40-37(32)36/h2-20,23,29,33H,21-22,24-28H2,1H3. The SMILES string of the molecule is CC(COC(=O)N1CCC(n2c(=O)n(S(=O)(=O)c3cccc4cccnc34)c3ccccc32)CC1)N(Cc1ccccc1)Cc1ccccc1. The van der Waals surface area contributed by atoms with Crippen LogP contribution in [0.3, 0.4) is 0 Å². The van der Waals surface area contributed by atoms with E-state index >= 15 is 0 Å². The average Bonchev–Trinajstić information content (AvgIpc) is 3.46. The number of amides is 1. The lowest BCUT2D eigenvalue weighted by Gasteiger charge is -2.33. The second kappa shape index (κ2) is 14.3. The molecule has 4 aromatic carbocycles. The van der Waals surface area contributed by atoms with Crippen LogP contribution in [0.25, 0.3) is 21.9 Å². The molecule has 50 heavy (non-hydrogen) atoms. The van der Waals surface area contributed by atoms with Crippen LogP contribution in [0.4, 0.5) is 4.79 Å². The summed E-state index contributed by atoms with van der Waals surface area (Å²) in [4.78, 5) is 35.6. The van der Waals surface area contributed by atoms with E-state index < -0.39 is 21.8 Å². The molecule has 0 bridgehead atoms. The van der Waals surface area contributed by atoms with Gasteiger partial charge in [0.25, 0.3) is 10.0 Å². The second-order valence-corrected chi connectivity index (χ2v) is 14.5. The second-order valence-electron chi connectivity index (χ2n) is 12.8. The number of aromatic nitrogens is 3. The van der Waals surface area contributed by atoms with Crippen molar-refractivity contribution in [1.29, 1.82) is 0 Å². The zero-order valence-corrected chi connectivity index (χ0v) is 28.7. The number of benzene rings is 4. The van der Waals surface area contributed by atoms with Gasteiger partial charge in [0.15, 0.2) is 0 Å². The van der Waals surface area contributed by atoms with Gasteiger partial charge in [-0.15, -0.1) is 0 Å². The van der Waals surface area contributed by atoms with Crippen LogP contribution >= 0.6 is 0 Å². The number of pyridine rings is 1. The molecule has 1 fully saturated rings. The monoisotopic (exact) mass is 689 g/mol. The van der Waals surface area contributed by atoms with Gasteiger partial charge in [0, 0.05) is 49.8 Å². The maximum atomic E-state index is 14.1. The molecule has 6 aromatic rings. The topological polar surface area (TPSA) is 107 Å². The quantitative estimate of drug-likeness (QED) is 0.163. The molecule has 1 saturated heterocycles. The lowest BCUT2D eigenvalue weighted by molar-refractivity contribution is 0.0567. The van der Waals surface area contributed by atoms with Gasteiger partial charge >= 0.3 is 11.8 Å². The molecule has 0 saturated carbocycles. The van der Waals surface area contributed by atoms with Gasteiger partial charge in [0.05, 0.1) is 16.6 Å². The third-order valence-electron chi connectivity index (χ3n) is 9.47. The molecule has 256 valence electrons. The van der Waals surface area contributed by atoms with E-state index in [1.807, 2.05) is 36.4 Å². The van der Waals surface area contributed by atoms with Gasteiger partial charge in [0.1, 0.15) is 11.5 Å². The summed E-state index contributed by atoms with van der Waals surface area (Å²) in [6.07, 6.45) is 2.10. The summed E-state index contributed by atoms with van der Waals surface area (Å²) in [5.41, 5.74) is 2.87. The maximum Gasteiger partial charge on any atom is 0.409 e. The van der Waals surface area contributed by atoms with Crippen LogP contribution in [0.5, 0.6) is 0 Å². The van der Waals surface area contributed by atoms with E-state index in [4.69, 9.17) is 4.74 Å². The van der Waals surface area contributed by atoms with E-state index in [0.717, 1.165) is 17.1 Å². The summed E-state index contributed by atoms with van der Waals surface area (Å²) in [5.74, 6) is 0. The molecule has 2 aromatic heterocycles. The van der Waals surface area contributed by atoms with Crippen molar-refractivity contribution >= 4 is 38.1 Å². The maximum absolute atomic E-state index is 14.1. The Bertz CT molecular complexity index is 2230. The molecule has 1 unspecified atom stereocenters. The van der Waals surface area contributed by atoms with Gasteiger partial charge in [-0.25, -0.2) is 18.0 Å². The number of carbonyl (C=O) groups excluding carboxylic acids is 1. The van der Waals surface area contributed by atoms with Gasteiger partial charge in [0.2, 0.25) is 0 Å². The number of fused-ring (bicyclic) bond motifs is 2. The highest BCUT2D eigenvalue weighted by Gasteiger charge is 2.32. The van der Waals surface area contributed by atoms with Crippen molar-refractivity contribution in [3.05, 3.63) is 143 Å². The van der Waals surface area contributed by atoms with Gasteiger partial charge < -0.3 is 9.64 Å². The van der Waals surface area contributed by atoms with Crippen molar-refractivity contribution in [2.75, 3.05) is 19.7 Å². The summed E-state index contributed by atoms with van der Waals surface area (Å²) < 4.78 is 36.6. The minimum atomic E-state index is -4.30. The number of carbonyl (C=O) groups is 1. The number of piperidine rings is 1. The van der Waals surface area contributed by atoms with Gasteiger partial charge in [-0.3, -0.25) is 14.5 Å². The Morgan fingerprint density at radius 3 is 2.08 bits per heavy atom. The predicted octanol–water partition coefficient (Wildman–Crippen LogP) is 6.45. The zero-order chi connectivity index (χ0) is 34.7. The molecule has 11 heteroatoms. The summed E-state index contributed by atoms with van der Waals surface area (Å²) >= 11 is 0. The zero-order valence-electron chi connectivity index (χ0n) is 27.8. The van der Waals surface area contributed by atoms with Crippen molar-refractivity contribution in [2.24, 2.45) is 0 Å². The molecule has 0 N–H and O–H groups in total. The number of ether oxygens (including phenoxy) is 1. The number of hydrogen-bond acceptors (Lipinski definition) is 7. The van der Waals surface area contributed by atoms with Gasteiger partial charge in [-0.2, -0.15) is 3.97 Å². The third kappa shape index (κ3) is 6.66. The minimum absolute atomic E-state index is 0.0292. The average molecular weight is 690 g/mol. The van der Waals surface area contributed by atoms with E-state index in [1.165, 1.54) is 17.2 Å². The first kappa shape index (κ1) is 33.2. The number of hydrogen-bond donors (Lipinski definition) is 0. The highest BCUT2D eigenvalue weighted by atomic mass is 32.2. The summed E-state index contributed by atoms with van der Waals surface area (Å²) in [5, 5.41) is 0.666. The molecular formula is C39H39N5O5S. The van der Waals surface area contributed by atoms with Crippen LogP contribution in [0.15, 0.2) is 131 Å². The fraction of sp³-hybridized carbons (Fsp3) is 0.256. The van der Waals surface area contributed by atoms with Crippen molar-refractivity contribution in [1.82, 2.24) is 23.3 Å². The highest BCUT2D eigenvalue weighted by Crippen LogP contribution is 2.29. The number of para-hydroxylation sites is 3. The molecular weight excluding hydrogens is 651 g/mol. The first-order chi connectivity index (χ1) is 24.3. The van der Waals surface area contributed by atoms with Gasteiger partial charge in [-0.05, 0) is 55.2 Å². The van der Waals surface area contributed by atoms with Crippen LogP contribution < -0.4 is 5.69 Å². The van der Waals surface area contributed by atoms with E-state index in [-0.39, 0.29) is 23.6 Å². The van der Waals surface area contributed by atoms with Crippen molar-refractivity contribution in [2.45, 2.75) is 49.8 Å². The molecule has 1 amide bonds. The molecule has 0 aliphatic carbocycles. The van der Waals surface area contributed by atoms with Crippen molar-refractivity contribution < 1.29 is 17.9 Å². The molecule has 7 rings (SSSR count). The van der Waals surface area contributed by atoms with Crippen molar-refractivity contribution in [3.8, 4) is 0 Å². The largest absolute Gasteiger partial charge is 0.448 e.